The van der Waals surface area contributed by atoms with Crippen molar-refractivity contribution in [2.24, 2.45) is 17.8 Å². The van der Waals surface area contributed by atoms with Gasteiger partial charge >= 0.3 is 0 Å². The van der Waals surface area contributed by atoms with E-state index in [-0.39, 0.29) is 28.9 Å². The van der Waals surface area contributed by atoms with Gasteiger partial charge in [0.25, 0.3) is 5.91 Å². The van der Waals surface area contributed by atoms with Gasteiger partial charge in [-0.15, -0.1) is 0 Å². The zero-order valence-electron chi connectivity index (χ0n) is 26.5. The van der Waals surface area contributed by atoms with Crippen molar-refractivity contribution in [3.8, 4) is 5.75 Å². The number of amides is 1. The molecule has 6 rings (SSSR count). The first-order valence-electron chi connectivity index (χ1n) is 16.4. The standard InChI is InChI=1S/C37H44ClN3O3S/c1-4-7-26-18-31(38)13-15-32(26)30-22-41-21-29-11-14-34(29)33(28-9-6-17-39-20-28)10-5-8-24(2)25(3)45(43)40-37(42)27-12-16-36(44-23-30)35(41)19-27/h5-6,9-10,12-13,15-20,24-25,29-30,33-34H,4,7-8,11,14,21-23H2,1-3H3,(H,40,42)/b10-5+. The molecule has 1 fully saturated rings. The van der Waals surface area contributed by atoms with Gasteiger partial charge in [-0.1, -0.05) is 56.2 Å². The van der Waals surface area contributed by atoms with Gasteiger partial charge in [-0.05, 0) is 103 Å². The second-order valence-electron chi connectivity index (χ2n) is 13.1. The van der Waals surface area contributed by atoms with Crippen LogP contribution in [0.25, 0.3) is 0 Å². The number of nitrogens with zero attached hydrogens (tertiary/aromatic N) is 2. The van der Waals surface area contributed by atoms with E-state index in [1.807, 2.05) is 43.6 Å². The molecule has 7 unspecified atom stereocenters. The monoisotopic (exact) mass is 645 g/mol. The van der Waals surface area contributed by atoms with Crippen LogP contribution < -0.4 is 14.4 Å². The number of carbonyl (C=O) groups excluding carboxylic acids is 1. The molecule has 1 amide bonds. The van der Waals surface area contributed by atoms with Crippen LogP contribution in [-0.2, 0) is 17.4 Å². The Hall–Kier alpha value is -3.16. The summed E-state index contributed by atoms with van der Waals surface area (Å²) < 4.78 is 22.6. The van der Waals surface area contributed by atoms with Crippen LogP contribution in [0.2, 0.25) is 5.02 Å². The summed E-state index contributed by atoms with van der Waals surface area (Å²) in [5, 5.41) is 0.562. The third-order valence-corrected chi connectivity index (χ3v) is 11.9. The van der Waals surface area contributed by atoms with E-state index >= 15 is 0 Å². The molecule has 1 saturated carbocycles. The molecular formula is C37H44ClN3O3S. The molecule has 2 aromatic carbocycles. The highest BCUT2D eigenvalue weighted by Gasteiger charge is 2.39. The van der Waals surface area contributed by atoms with Crippen molar-refractivity contribution < 1.29 is 13.7 Å². The zero-order chi connectivity index (χ0) is 31.5. The molecule has 6 nitrogen and oxygen atoms in total. The molecule has 0 spiro atoms. The van der Waals surface area contributed by atoms with Gasteiger partial charge in [-0.2, -0.15) is 0 Å². The molecule has 3 aliphatic rings. The molecule has 8 heteroatoms. The predicted octanol–water partition coefficient (Wildman–Crippen LogP) is 7.86. The third kappa shape index (κ3) is 7.00. The van der Waals surface area contributed by atoms with Crippen molar-refractivity contribution in [2.75, 3.05) is 24.6 Å². The van der Waals surface area contributed by atoms with E-state index < -0.39 is 11.0 Å². The summed E-state index contributed by atoms with van der Waals surface area (Å²) in [4.78, 5) is 20.3. The first-order chi connectivity index (χ1) is 21.8. The first-order valence-corrected chi connectivity index (χ1v) is 18.0. The minimum absolute atomic E-state index is 0.139. The number of hydrogen-bond donors (Lipinski definition) is 1. The average Bonchev–Trinajstić information content (AvgIpc) is 3.21. The number of nitrogens with one attached hydrogen (secondary N) is 1. The molecule has 1 N–H and O–H groups in total. The molecule has 45 heavy (non-hydrogen) atoms. The fourth-order valence-electron chi connectivity index (χ4n) is 7.19. The Morgan fingerprint density at radius 2 is 1.98 bits per heavy atom. The Balaban J connectivity index is 1.40. The van der Waals surface area contributed by atoms with Gasteiger partial charge in [0.2, 0.25) is 0 Å². The topological polar surface area (TPSA) is 71.5 Å². The van der Waals surface area contributed by atoms with Gasteiger partial charge in [-0.25, -0.2) is 4.21 Å². The van der Waals surface area contributed by atoms with Gasteiger partial charge in [0.05, 0.1) is 17.5 Å². The summed E-state index contributed by atoms with van der Waals surface area (Å²) in [7, 11) is -1.52. The van der Waals surface area contributed by atoms with E-state index in [0.717, 1.165) is 61.7 Å². The van der Waals surface area contributed by atoms with Crippen molar-refractivity contribution in [3.05, 3.63) is 100 Å². The number of ether oxygens (including phenoxy) is 1. The van der Waals surface area contributed by atoms with Gasteiger partial charge < -0.3 is 9.64 Å². The average molecular weight is 646 g/mol. The van der Waals surface area contributed by atoms with Crippen LogP contribution in [0.3, 0.4) is 0 Å². The summed E-state index contributed by atoms with van der Waals surface area (Å²) >= 11 is 6.45. The minimum atomic E-state index is -1.52. The Bertz CT molecular complexity index is 1560. The molecule has 1 aliphatic carbocycles. The fourth-order valence-corrected chi connectivity index (χ4v) is 8.41. The number of aromatic nitrogens is 1. The number of carbonyl (C=O) groups is 1. The number of halogens is 1. The van der Waals surface area contributed by atoms with Crippen molar-refractivity contribution in [2.45, 2.75) is 70.0 Å². The van der Waals surface area contributed by atoms with Crippen molar-refractivity contribution in [3.63, 3.8) is 0 Å². The Kier molecular flexibility index (Phi) is 9.96. The van der Waals surface area contributed by atoms with E-state index in [4.69, 9.17) is 16.3 Å². The Labute approximate surface area is 275 Å². The molecule has 3 heterocycles. The lowest BCUT2D eigenvalue weighted by Crippen LogP contribution is -2.42. The van der Waals surface area contributed by atoms with E-state index in [2.05, 4.69) is 58.8 Å². The molecule has 2 bridgehead atoms. The zero-order valence-corrected chi connectivity index (χ0v) is 28.0. The maximum Gasteiger partial charge on any atom is 0.263 e. The van der Waals surface area contributed by atoms with E-state index in [1.54, 1.807) is 6.07 Å². The van der Waals surface area contributed by atoms with Crippen LogP contribution in [-0.4, -0.2) is 40.0 Å². The number of hydrogen-bond acceptors (Lipinski definition) is 5. The normalized spacial score (nSPS) is 29.4. The lowest BCUT2D eigenvalue weighted by molar-refractivity contribution is 0.0982. The van der Waals surface area contributed by atoms with Crippen LogP contribution in [0, 0.1) is 17.8 Å². The van der Waals surface area contributed by atoms with E-state index in [1.165, 1.54) is 16.7 Å². The number of aryl methyl sites for hydroxylation is 1. The number of pyridine rings is 1. The predicted molar refractivity (Wildman–Crippen MR) is 184 cm³/mol. The highest BCUT2D eigenvalue weighted by atomic mass is 35.5. The smallest absolute Gasteiger partial charge is 0.263 e. The number of benzene rings is 2. The first kappa shape index (κ1) is 31.8. The van der Waals surface area contributed by atoms with Crippen LogP contribution in [0.5, 0.6) is 5.75 Å². The number of fused-ring (bicyclic) bond motifs is 2. The molecule has 3 aromatic rings. The fraction of sp³-hybridized carbons (Fsp3) is 0.459. The quantitative estimate of drug-likeness (QED) is 0.293. The highest BCUT2D eigenvalue weighted by molar-refractivity contribution is 7.84. The number of anilines is 1. The maximum absolute atomic E-state index is 13.4. The second kappa shape index (κ2) is 14.1. The molecular weight excluding hydrogens is 602 g/mol. The molecule has 1 aromatic heterocycles. The maximum atomic E-state index is 13.4. The van der Waals surface area contributed by atoms with Crippen LogP contribution >= 0.6 is 11.6 Å². The van der Waals surface area contributed by atoms with Crippen LogP contribution in [0.1, 0.15) is 85.3 Å². The minimum Gasteiger partial charge on any atom is -0.491 e. The molecule has 7 atom stereocenters. The van der Waals surface area contributed by atoms with Gasteiger partial charge in [0.1, 0.15) is 16.7 Å². The SMILES string of the molecule is CCCc1cc(Cl)ccc1C1COc2ccc3cc2N(C1)CC1CCC1C(c1cccnc1)/C=C/CC(C)C(C)S(=O)NC3=O. The summed E-state index contributed by atoms with van der Waals surface area (Å²) in [6, 6.07) is 16.1. The summed E-state index contributed by atoms with van der Waals surface area (Å²) in [5.74, 6) is 1.95. The largest absolute Gasteiger partial charge is 0.491 e. The lowest BCUT2D eigenvalue weighted by atomic mass is 9.65. The summed E-state index contributed by atoms with van der Waals surface area (Å²) in [6.07, 6.45) is 13.6. The lowest BCUT2D eigenvalue weighted by Gasteiger charge is -2.44. The van der Waals surface area contributed by atoms with E-state index in [0.29, 0.717) is 24.0 Å². The summed E-state index contributed by atoms with van der Waals surface area (Å²) in [5.41, 5.74) is 5.21. The van der Waals surface area contributed by atoms with Gasteiger partial charge in [0, 0.05) is 47.9 Å². The third-order valence-electron chi connectivity index (χ3n) is 10.2. The molecule has 0 radical (unpaired) electrons. The Morgan fingerprint density at radius 3 is 2.73 bits per heavy atom. The summed E-state index contributed by atoms with van der Waals surface area (Å²) in [6.45, 7) is 8.43. The molecule has 0 saturated heterocycles. The van der Waals surface area contributed by atoms with Gasteiger partial charge in [0.15, 0.2) is 0 Å². The van der Waals surface area contributed by atoms with E-state index in [9.17, 15) is 9.00 Å². The Morgan fingerprint density at radius 1 is 1.11 bits per heavy atom. The molecule has 238 valence electrons. The second-order valence-corrected chi connectivity index (χ2v) is 15.1. The highest BCUT2D eigenvalue weighted by Crippen LogP contribution is 2.47. The van der Waals surface area contributed by atoms with Crippen LogP contribution in [0.15, 0.2) is 73.1 Å². The van der Waals surface area contributed by atoms with Crippen LogP contribution in [0.4, 0.5) is 5.69 Å². The van der Waals surface area contributed by atoms with Crippen molar-refractivity contribution in [1.82, 2.24) is 9.71 Å². The van der Waals surface area contributed by atoms with Gasteiger partial charge in [-0.3, -0.25) is 14.5 Å². The van der Waals surface area contributed by atoms with Crippen molar-refractivity contribution >= 4 is 34.2 Å². The van der Waals surface area contributed by atoms with Crippen molar-refractivity contribution in [1.29, 1.82) is 0 Å². The number of rotatable bonds is 4. The molecule has 2 aliphatic heterocycles. The number of allylic oxidation sites excluding steroid dienone is 2.